The van der Waals surface area contributed by atoms with Crippen LogP contribution in [0.2, 0.25) is 0 Å². The number of hydrogen-bond acceptors (Lipinski definition) is 3. The van der Waals surface area contributed by atoms with Gasteiger partial charge in [0.2, 0.25) is 11.8 Å². The lowest BCUT2D eigenvalue weighted by Gasteiger charge is -2.20. The summed E-state index contributed by atoms with van der Waals surface area (Å²) < 4.78 is 0. The molecule has 2 fully saturated rings. The van der Waals surface area contributed by atoms with Crippen LogP contribution in [0.4, 0.5) is 0 Å². The fraction of sp³-hybridized carbons (Fsp3) is 0.846. The first-order chi connectivity index (χ1) is 8.01. The number of imide groups is 1. The average Bonchev–Trinajstić information content (AvgIpc) is 2.74. The Morgan fingerprint density at radius 3 is 2.29 bits per heavy atom. The summed E-state index contributed by atoms with van der Waals surface area (Å²) in [5, 5.41) is 3.28. The first kappa shape index (κ1) is 12.6. The highest BCUT2D eigenvalue weighted by atomic mass is 16.2. The second kappa shape index (κ2) is 4.41. The molecule has 2 atom stereocenters. The maximum Gasteiger partial charge on any atom is 0.233 e. The predicted molar refractivity (Wildman–Crippen MR) is 65.3 cm³/mol. The quantitative estimate of drug-likeness (QED) is 0.555. The normalized spacial score (nSPS) is 29.7. The maximum absolute atomic E-state index is 12.0. The van der Waals surface area contributed by atoms with Crippen molar-refractivity contribution in [3.05, 3.63) is 0 Å². The lowest BCUT2D eigenvalue weighted by atomic mass is 10.1. The minimum absolute atomic E-state index is 0.0291. The van der Waals surface area contributed by atoms with Crippen LogP contribution < -0.4 is 5.32 Å². The zero-order chi connectivity index (χ0) is 12.6. The molecule has 1 saturated carbocycles. The van der Waals surface area contributed by atoms with Gasteiger partial charge in [0.1, 0.15) is 0 Å². The highest BCUT2D eigenvalue weighted by molar-refractivity contribution is 6.10. The Kier molecular flexibility index (Phi) is 3.25. The fourth-order valence-corrected chi connectivity index (χ4v) is 2.89. The molecule has 1 saturated heterocycles. The molecule has 0 aromatic carbocycles. The second-order valence-corrected chi connectivity index (χ2v) is 5.71. The average molecular weight is 238 g/mol. The van der Waals surface area contributed by atoms with Crippen LogP contribution in [0, 0.1) is 17.3 Å². The van der Waals surface area contributed by atoms with Crippen molar-refractivity contribution in [1.29, 1.82) is 0 Å². The van der Waals surface area contributed by atoms with E-state index in [9.17, 15) is 9.59 Å². The molecular formula is C13H22N2O2. The Labute approximate surface area is 103 Å². The zero-order valence-corrected chi connectivity index (χ0v) is 11.0. The van der Waals surface area contributed by atoms with Gasteiger partial charge in [0.15, 0.2) is 0 Å². The molecule has 1 N–H and O–H groups in total. The van der Waals surface area contributed by atoms with Crippen molar-refractivity contribution < 1.29 is 9.59 Å². The summed E-state index contributed by atoms with van der Waals surface area (Å²) in [4.78, 5) is 25.4. The third-order valence-electron chi connectivity index (χ3n) is 4.05. The summed E-state index contributed by atoms with van der Waals surface area (Å²) in [6.07, 6.45) is 1.97. The van der Waals surface area contributed by atoms with Gasteiger partial charge in [-0.05, 0) is 31.3 Å². The largest absolute Gasteiger partial charge is 0.317 e. The molecule has 96 valence electrons. The Bertz CT molecular complexity index is 314. The summed E-state index contributed by atoms with van der Waals surface area (Å²) in [6, 6.07) is 0. The van der Waals surface area contributed by atoms with E-state index in [2.05, 4.69) is 12.2 Å². The van der Waals surface area contributed by atoms with Crippen molar-refractivity contribution in [2.24, 2.45) is 17.3 Å². The SMILES string of the molecule is CCCNCCCN1C(=O)C2C(C1=O)C2(C)C. The topological polar surface area (TPSA) is 49.4 Å². The summed E-state index contributed by atoms with van der Waals surface area (Å²) in [6.45, 7) is 8.61. The molecule has 1 aliphatic heterocycles. The number of nitrogens with one attached hydrogen (secondary N) is 1. The smallest absolute Gasteiger partial charge is 0.233 e. The van der Waals surface area contributed by atoms with Crippen molar-refractivity contribution in [3.8, 4) is 0 Å². The number of hydrogen-bond donors (Lipinski definition) is 1. The molecule has 0 aromatic heterocycles. The lowest BCUT2D eigenvalue weighted by molar-refractivity contribution is -0.143. The Balaban J connectivity index is 1.77. The van der Waals surface area contributed by atoms with E-state index in [0.29, 0.717) is 6.54 Å². The number of amides is 2. The van der Waals surface area contributed by atoms with Gasteiger partial charge in [-0.3, -0.25) is 14.5 Å². The van der Waals surface area contributed by atoms with Gasteiger partial charge in [-0.15, -0.1) is 0 Å². The molecule has 17 heavy (non-hydrogen) atoms. The van der Waals surface area contributed by atoms with E-state index in [1.165, 1.54) is 4.90 Å². The monoisotopic (exact) mass is 238 g/mol. The molecule has 2 rings (SSSR count). The zero-order valence-electron chi connectivity index (χ0n) is 11.0. The highest BCUT2D eigenvalue weighted by Crippen LogP contribution is 2.63. The summed E-state index contributed by atoms with van der Waals surface area (Å²) >= 11 is 0. The molecule has 0 spiro atoms. The van der Waals surface area contributed by atoms with Gasteiger partial charge in [-0.1, -0.05) is 20.8 Å². The van der Waals surface area contributed by atoms with Gasteiger partial charge in [0, 0.05) is 6.54 Å². The van der Waals surface area contributed by atoms with Gasteiger partial charge in [-0.25, -0.2) is 0 Å². The Hall–Kier alpha value is -0.900. The van der Waals surface area contributed by atoms with Crippen LogP contribution in [0.1, 0.15) is 33.6 Å². The van der Waals surface area contributed by atoms with E-state index in [1.807, 2.05) is 13.8 Å². The van der Waals surface area contributed by atoms with E-state index in [1.54, 1.807) is 0 Å². The minimum Gasteiger partial charge on any atom is -0.317 e. The molecule has 1 aliphatic carbocycles. The highest BCUT2D eigenvalue weighted by Gasteiger charge is 2.72. The number of fused-ring (bicyclic) bond motifs is 1. The maximum atomic E-state index is 12.0. The third-order valence-corrected chi connectivity index (χ3v) is 4.05. The molecule has 0 aromatic rings. The van der Waals surface area contributed by atoms with Crippen LogP contribution in [0.25, 0.3) is 0 Å². The van der Waals surface area contributed by atoms with Crippen LogP contribution >= 0.6 is 0 Å². The van der Waals surface area contributed by atoms with Crippen LogP contribution in [0.15, 0.2) is 0 Å². The summed E-state index contributed by atoms with van der Waals surface area (Å²) in [7, 11) is 0. The molecular weight excluding hydrogens is 216 g/mol. The molecule has 2 amide bonds. The first-order valence-corrected chi connectivity index (χ1v) is 6.57. The molecule has 2 unspecified atom stereocenters. The predicted octanol–water partition coefficient (Wildman–Crippen LogP) is 1.02. The number of piperidine rings is 1. The number of carbonyl (C=O) groups is 2. The molecule has 0 radical (unpaired) electrons. The number of nitrogens with zero attached hydrogens (tertiary/aromatic N) is 1. The van der Waals surface area contributed by atoms with Crippen molar-refractivity contribution in [2.75, 3.05) is 19.6 Å². The molecule has 2 aliphatic rings. The van der Waals surface area contributed by atoms with Gasteiger partial charge in [0.05, 0.1) is 11.8 Å². The van der Waals surface area contributed by atoms with Crippen molar-refractivity contribution >= 4 is 11.8 Å². The number of likely N-dealkylation sites (tertiary alicyclic amines) is 1. The van der Waals surface area contributed by atoms with E-state index in [-0.39, 0.29) is 29.1 Å². The minimum atomic E-state index is -0.0782. The van der Waals surface area contributed by atoms with Gasteiger partial charge in [0.25, 0.3) is 0 Å². The first-order valence-electron chi connectivity index (χ1n) is 6.57. The van der Waals surface area contributed by atoms with Gasteiger partial charge < -0.3 is 5.32 Å². The Morgan fingerprint density at radius 2 is 1.76 bits per heavy atom. The number of rotatable bonds is 6. The fourth-order valence-electron chi connectivity index (χ4n) is 2.89. The van der Waals surface area contributed by atoms with E-state index in [0.717, 1.165) is 25.9 Å². The molecule has 1 heterocycles. The molecule has 4 nitrogen and oxygen atoms in total. The van der Waals surface area contributed by atoms with Crippen molar-refractivity contribution in [3.63, 3.8) is 0 Å². The van der Waals surface area contributed by atoms with Crippen LogP contribution in [0.3, 0.4) is 0 Å². The number of carbonyl (C=O) groups excluding carboxylic acids is 2. The van der Waals surface area contributed by atoms with Gasteiger partial charge in [-0.2, -0.15) is 0 Å². The van der Waals surface area contributed by atoms with E-state index >= 15 is 0 Å². The Morgan fingerprint density at radius 1 is 1.18 bits per heavy atom. The lowest BCUT2D eigenvalue weighted by Crippen LogP contribution is -2.38. The van der Waals surface area contributed by atoms with Gasteiger partial charge >= 0.3 is 0 Å². The van der Waals surface area contributed by atoms with Crippen molar-refractivity contribution in [2.45, 2.75) is 33.6 Å². The van der Waals surface area contributed by atoms with Crippen LogP contribution in [-0.4, -0.2) is 36.3 Å². The summed E-state index contributed by atoms with van der Waals surface area (Å²) in [5.74, 6) is 0.0539. The standard InChI is InChI=1S/C13H22N2O2/c1-4-6-14-7-5-8-15-11(16)9-10(12(15)17)13(9,2)3/h9-10,14H,4-8H2,1-3H3. The van der Waals surface area contributed by atoms with Crippen molar-refractivity contribution in [1.82, 2.24) is 10.2 Å². The molecule has 0 bridgehead atoms. The van der Waals surface area contributed by atoms with E-state index in [4.69, 9.17) is 0 Å². The molecule has 4 heteroatoms. The third kappa shape index (κ3) is 1.99. The van der Waals surface area contributed by atoms with Crippen LogP contribution in [-0.2, 0) is 9.59 Å². The van der Waals surface area contributed by atoms with E-state index < -0.39 is 0 Å². The summed E-state index contributed by atoms with van der Waals surface area (Å²) in [5.41, 5.74) is -0.0782. The second-order valence-electron chi connectivity index (χ2n) is 5.71. The van der Waals surface area contributed by atoms with Crippen LogP contribution in [0.5, 0.6) is 0 Å².